The fourth-order valence-corrected chi connectivity index (χ4v) is 4.19. The van der Waals surface area contributed by atoms with Crippen LogP contribution in [0.4, 0.5) is 15.9 Å². The highest BCUT2D eigenvalue weighted by molar-refractivity contribution is 9.10. The van der Waals surface area contributed by atoms with Crippen LogP contribution in [0.2, 0.25) is 0 Å². The largest absolute Gasteiger partial charge is 0.340 e. The van der Waals surface area contributed by atoms with E-state index in [1.807, 2.05) is 36.4 Å². The number of carbonyl (C=O) groups excluding carboxylic acids is 1. The number of piperazine rings is 1. The summed E-state index contributed by atoms with van der Waals surface area (Å²) in [5.41, 5.74) is 2.28. The Hall–Kier alpha value is -2.75. The van der Waals surface area contributed by atoms with Gasteiger partial charge < -0.3 is 5.32 Å². The lowest BCUT2D eigenvalue weighted by Gasteiger charge is -2.33. The molecule has 0 aliphatic carbocycles. The van der Waals surface area contributed by atoms with Gasteiger partial charge in [0.15, 0.2) is 5.78 Å². The number of aromatic nitrogens is 3. The van der Waals surface area contributed by atoms with Crippen molar-refractivity contribution in [2.45, 2.75) is 6.42 Å². The molecule has 33 heavy (non-hydrogen) atoms. The van der Waals surface area contributed by atoms with Crippen molar-refractivity contribution < 1.29 is 9.18 Å². The highest BCUT2D eigenvalue weighted by Gasteiger charge is 2.15. The summed E-state index contributed by atoms with van der Waals surface area (Å²) in [5, 5.41) is 4.12. The van der Waals surface area contributed by atoms with Crippen molar-refractivity contribution in [3.05, 3.63) is 65.2 Å². The van der Waals surface area contributed by atoms with Crippen LogP contribution in [0.5, 0.6) is 0 Å². The number of hydrogen-bond acceptors (Lipinski definition) is 7. The van der Waals surface area contributed by atoms with E-state index in [4.69, 9.17) is 0 Å². The number of nitrogens with one attached hydrogen (secondary N) is 1. The number of ketones is 1. The number of hydrogen-bond donors (Lipinski definition) is 1. The van der Waals surface area contributed by atoms with Gasteiger partial charge in [0.2, 0.25) is 0 Å². The topological polar surface area (TPSA) is 74.2 Å². The summed E-state index contributed by atoms with van der Waals surface area (Å²) in [6.07, 6.45) is 6.91. The third-order valence-electron chi connectivity index (χ3n) is 5.55. The zero-order valence-corrected chi connectivity index (χ0v) is 19.8. The third-order valence-corrected chi connectivity index (χ3v) is 6.05. The summed E-state index contributed by atoms with van der Waals surface area (Å²) in [6, 6.07) is 9.68. The number of rotatable bonds is 9. The van der Waals surface area contributed by atoms with E-state index in [0.717, 1.165) is 48.3 Å². The first-order chi connectivity index (χ1) is 16.1. The Morgan fingerprint density at radius 1 is 1.12 bits per heavy atom. The number of anilines is 2. The summed E-state index contributed by atoms with van der Waals surface area (Å²) in [7, 11) is 0. The molecule has 1 fully saturated rings. The van der Waals surface area contributed by atoms with Crippen LogP contribution < -0.4 is 5.32 Å². The summed E-state index contributed by atoms with van der Waals surface area (Å²) >= 11 is 3.47. The van der Waals surface area contributed by atoms with Crippen LogP contribution in [0.1, 0.15) is 5.69 Å². The molecule has 1 N–H and O–H groups in total. The molecule has 1 aromatic carbocycles. The van der Waals surface area contributed by atoms with Gasteiger partial charge in [0.1, 0.15) is 18.8 Å². The van der Waals surface area contributed by atoms with Gasteiger partial charge in [-0.05, 0) is 30.3 Å². The minimum Gasteiger partial charge on any atom is -0.340 e. The highest BCUT2D eigenvalue weighted by atomic mass is 79.9. The maximum absolute atomic E-state index is 12.5. The summed E-state index contributed by atoms with van der Waals surface area (Å²) in [6.45, 7) is 4.43. The molecule has 0 amide bonds. The maximum atomic E-state index is 12.5. The van der Waals surface area contributed by atoms with Gasteiger partial charge in [0.05, 0.1) is 18.1 Å². The molecule has 0 bridgehead atoms. The van der Waals surface area contributed by atoms with Crippen LogP contribution in [0, 0.1) is 0 Å². The number of benzene rings is 1. The van der Waals surface area contributed by atoms with Crippen LogP contribution in [0.3, 0.4) is 0 Å². The summed E-state index contributed by atoms with van der Waals surface area (Å²) < 4.78 is 13.4. The molecule has 7 nitrogen and oxygen atoms in total. The van der Waals surface area contributed by atoms with E-state index >= 15 is 0 Å². The monoisotopic (exact) mass is 511 g/mol. The molecule has 2 aromatic heterocycles. The fraction of sp³-hybridized carbons (Fsp3) is 0.333. The van der Waals surface area contributed by atoms with Gasteiger partial charge in [-0.15, -0.1) is 0 Å². The van der Waals surface area contributed by atoms with Crippen LogP contribution in [-0.2, 0) is 11.2 Å². The zero-order chi connectivity index (χ0) is 23.0. The molecule has 9 heteroatoms. The number of halogens is 2. The second kappa shape index (κ2) is 11.4. The lowest BCUT2D eigenvalue weighted by Crippen LogP contribution is -2.46. The molecule has 3 heterocycles. The van der Waals surface area contributed by atoms with E-state index < -0.39 is 0 Å². The minimum atomic E-state index is -0.301. The third kappa shape index (κ3) is 6.63. The van der Waals surface area contributed by atoms with E-state index in [0.29, 0.717) is 23.6 Å². The average molecular weight is 512 g/mol. The molecule has 0 spiro atoms. The number of carbonyl (C=O) groups is 1. The molecule has 1 aliphatic heterocycles. The molecular formula is C24H26BrFN6O. The van der Waals surface area contributed by atoms with Gasteiger partial charge in [0.25, 0.3) is 0 Å². The Labute approximate surface area is 200 Å². The van der Waals surface area contributed by atoms with Crippen molar-refractivity contribution in [1.29, 1.82) is 0 Å². The van der Waals surface area contributed by atoms with Crippen molar-refractivity contribution in [1.82, 2.24) is 24.8 Å². The van der Waals surface area contributed by atoms with Crippen molar-refractivity contribution >= 4 is 44.1 Å². The smallest absolute Gasteiger partial charge is 0.161 e. The summed E-state index contributed by atoms with van der Waals surface area (Å²) in [5.74, 6) is 0.660. The van der Waals surface area contributed by atoms with E-state index in [-0.39, 0.29) is 18.9 Å². The van der Waals surface area contributed by atoms with E-state index in [1.54, 1.807) is 12.3 Å². The van der Waals surface area contributed by atoms with Gasteiger partial charge in [-0.1, -0.05) is 28.1 Å². The number of nitrogens with zero attached hydrogens (tertiary/aromatic N) is 5. The molecule has 4 rings (SSSR count). The number of alkyl halides is 1. The Kier molecular flexibility index (Phi) is 8.09. The van der Waals surface area contributed by atoms with E-state index in [1.165, 1.54) is 6.33 Å². The Balaban J connectivity index is 1.37. The molecule has 0 radical (unpaired) electrons. The number of pyridine rings is 1. The molecule has 3 aromatic rings. The minimum absolute atomic E-state index is 0.00346. The van der Waals surface area contributed by atoms with E-state index in [9.17, 15) is 9.18 Å². The Bertz CT molecular complexity index is 1130. The summed E-state index contributed by atoms with van der Waals surface area (Å²) in [4.78, 5) is 30.0. The van der Waals surface area contributed by atoms with Gasteiger partial charge >= 0.3 is 0 Å². The van der Waals surface area contributed by atoms with Crippen LogP contribution in [0.25, 0.3) is 10.9 Å². The van der Waals surface area contributed by atoms with Gasteiger partial charge in [0, 0.05) is 60.5 Å². The average Bonchev–Trinajstić information content (AvgIpc) is 2.81. The predicted octanol–water partition coefficient (Wildman–Crippen LogP) is 3.79. The van der Waals surface area contributed by atoms with Crippen LogP contribution >= 0.6 is 15.9 Å². The lowest BCUT2D eigenvalue weighted by molar-refractivity contribution is -0.114. The molecule has 172 valence electrons. The van der Waals surface area contributed by atoms with Crippen molar-refractivity contribution in [3.8, 4) is 0 Å². The van der Waals surface area contributed by atoms with Crippen LogP contribution in [-0.4, -0.2) is 76.5 Å². The fourth-order valence-electron chi connectivity index (χ4n) is 3.79. The van der Waals surface area contributed by atoms with Crippen LogP contribution in [0.15, 0.2) is 59.5 Å². The lowest BCUT2D eigenvalue weighted by atomic mass is 10.1. The zero-order valence-electron chi connectivity index (χ0n) is 18.3. The van der Waals surface area contributed by atoms with Crippen molar-refractivity contribution in [3.63, 3.8) is 0 Å². The standard InChI is InChI=1S/C24H26BrFN6O/c25-18-3-1-4-19(13-18)30-24-22-15-20(27-16-23(22)28-17-29-24)14-21(33)5-2-7-31-9-11-32(8-6-26)12-10-31/h1-5,13,15-17H,6-12,14H2,(H,28,29,30)/b5-2+/i26-1. The maximum Gasteiger partial charge on any atom is 0.161 e. The highest BCUT2D eigenvalue weighted by Crippen LogP contribution is 2.25. The van der Waals surface area contributed by atoms with Crippen molar-refractivity contribution in [2.75, 3.05) is 51.3 Å². The Morgan fingerprint density at radius 2 is 1.94 bits per heavy atom. The normalized spacial score (nSPS) is 15.3. The molecule has 0 atom stereocenters. The second-order valence-corrected chi connectivity index (χ2v) is 8.84. The van der Waals surface area contributed by atoms with Crippen molar-refractivity contribution in [2.24, 2.45) is 0 Å². The van der Waals surface area contributed by atoms with Gasteiger partial charge in [-0.2, -0.15) is 0 Å². The second-order valence-electron chi connectivity index (χ2n) is 7.93. The molecular weight excluding hydrogens is 486 g/mol. The number of fused-ring (bicyclic) bond motifs is 1. The van der Waals surface area contributed by atoms with Gasteiger partial charge in [-0.3, -0.25) is 19.6 Å². The first-order valence-electron chi connectivity index (χ1n) is 10.9. The number of allylic oxidation sites excluding steroid dienone is 1. The molecule has 0 saturated carbocycles. The molecule has 0 unspecified atom stereocenters. The predicted molar refractivity (Wildman–Crippen MR) is 131 cm³/mol. The Morgan fingerprint density at radius 3 is 2.73 bits per heavy atom. The molecule has 1 aliphatic rings. The van der Waals surface area contributed by atoms with E-state index in [2.05, 4.69) is 46.0 Å². The first-order valence-corrected chi connectivity index (χ1v) is 11.7. The molecule has 1 saturated heterocycles. The van der Waals surface area contributed by atoms with Gasteiger partial charge in [-0.25, -0.2) is 14.4 Å². The quantitative estimate of drug-likeness (QED) is 0.438. The first kappa shape index (κ1) is 23.4. The SMILES string of the molecule is O=C(/C=C/CN1CCN(CC[18F])CC1)Cc1cc2c(Nc3cccc(Br)c3)ncnc2cn1.